The second kappa shape index (κ2) is 43.4. The highest BCUT2D eigenvalue weighted by atomic mass is 16.5. The second-order valence-corrected chi connectivity index (χ2v) is 14.6. The number of nitrogens with one attached hydrogen (secondary N) is 1. The molecule has 0 saturated heterocycles. The van der Waals surface area contributed by atoms with Crippen molar-refractivity contribution in [1.29, 1.82) is 0 Å². The van der Waals surface area contributed by atoms with Crippen LogP contribution in [0.25, 0.3) is 0 Å². The monoisotopic (exact) mass is 788 g/mol. The molecular formula is C51H81NO5. The van der Waals surface area contributed by atoms with E-state index < -0.39 is 18.2 Å². The molecule has 57 heavy (non-hydrogen) atoms. The Kier molecular flexibility index (Phi) is 40.5. The first kappa shape index (κ1) is 53.3. The van der Waals surface area contributed by atoms with Crippen molar-refractivity contribution in [2.45, 2.75) is 180 Å². The number of hydrogen-bond acceptors (Lipinski definition) is 5. The van der Waals surface area contributed by atoms with Gasteiger partial charge in [0.25, 0.3) is 0 Å². The Bertz CT molecular complexity index is 1250. The van der Waals surface area contributed by atoms with Crippen molar-refractivity contribution in [2.75, 3.05) is 6.61 Å². The van der Waals surface area contributed by atoms with Crippen molar-refractivity contribution in [3.05, 3.63) is 122 Å². The Hall–Kier alpha value is -3.74. The van der Waals surface area contributed by atoms with Crippen LogP contribution in [0.5, 0.6) is 0 Å². The Morgan fingerprint density at radius 2 is 0.965 bits per heavy atom. The number of aliphatic hydroxyl groups is 2. The zero-order chi connectivity index (χ0) is 41.7. The first-order chi connectivity index (χ1) is 28.0. The normalized spacial score (nSPS) is 14.5. The Labute approximate surface area is 349 Å². The van der Waals surface area contributed by atoms with E-state index in [-0.39, 0.29) is 24.9 Å². The molecule has 0 heterocycles. The van der Waals surface area contributed by atoms with Crippen LogP contribution in [-0.4, -0.2) is 46.9 Å². The lowest BCUT2D eigenvalue weighted by Crippen LogP contribution is -2.46. The zero-order valence-corrected chi connectivity index (χ0v) is 36.2. The smallest absolute Gasteiger partial charge is 0.306 e. The lowest BCUT2D eigenvalue weighted by atomic mass is 10.0. The number of esters is 1. The minimum atomic E-state index is -0.819. The maximum Gasteiger partial charge on any atom is 0.306 e. The number of rotatable bonds is 37. The highest BCUT2D eigenvalue weighted by Crippen LogP contribution is 2.16. The van der Waals surface area contributed by atoms with E-state index in [4.69, 9.17) is 4.74 Å². The molecule has 320 valence electrons. The fraction of sp³-hybridized carbons (Fsp3) is 0.569. The van der Waals surface area contributed by atoms with Crippen LogP contribution < -0.4 is 5.32 Å². The largest absolute Gasteiger partial charge is 0.462 e. The quantitative estimate of drug-likeness (QED) is 0.0331. The van der Waals surface area contributed by atoms with Gasteiger partial charge in [0.2, 0.25) is 5.91 Å². The van der Waals surface area contributed by atoms with E-state index in [0.29, 0.717) is 19.3 Å². The first-order valence-electron chi connectivity index (χ1n) is 22.4. The van der Waals surface area contributed by atoms with Gasteiger partial charge in [-0.2, -0.15) is 0 Å². The number of ether oxygens (including phenoxy) is 1. The molecule has 0 aliphatic heterocycles. The average Bonchev–Trinajstić information content (AvgIpc) is 3.20. The standard InChI is InChI=1S/C51H81NO5/c1-4-7-10-13-16-19-22-23-24-25-26-27-29-32-35-38-41-44-51(56)57-47(42-39-36-33-30-28-20-17-14-11-8-5-2)45-50(55)52-48(46-53)49(54)43-40-37-34-31-21-18-15-12-9-6-3/h7-8,10-11,13-14,16-17,19-20,22-30,33,47-49,53-54H,4-6,9,12,15,18,21,31-32,34-46H2,1-3H3,(H,52,55)/b10-7-,11-8+,16-13+,17-14+,22-19+,24-23-,26-25+,28-20-,29-27+,33-30-. The number of carbonyl (C=O) groups is 2. The predicted molar refractivity (Wildman–Crippen MR) is 245 cm³/mol. The SMILES string of the molecule is CC\C=C/C=C/C=C/C=C\C=C\C=C\CCCCCC(=O)OC(CCC\C=C/C=C\C=C\C=C\CC)CC(=O)NC(CO)C(O)CCCCCCCCCCCC. The Morgan fingerprint density at radius 3 is 1.46 bits per heavy atom. The summed E-state index contributed by atoms with van der Waals surface area (Å²) < 4.78 is 5.84. The molecule has 0 spiro atoms. The first-order valence-corrected chi connectivity index (χ1v) is 22.4. The van der Waals surface area contributed by atoms with Gasteiger partial charge in [-0.05, 0) is 57.8 Å². The van der Waals surface area contributed by atoms with E-state index in [1.165, 1.54) is 44.9 Å². The number of amides is 1. The minimum Gasteiger partial charge on any atom is -0.462 e. The zero-order valence-electron chi connectivity index (χ0n) is 36.2. The number of hydrogen-bond donors (Lipinski definition) is 3. The molecule has 3 N–H and O–H groups in total. The third kappa shape index (κ3) is 38.9. The maximum absolute atomic E-state index is 13.1. The third-order valence-electron chi connectivity index (χ3n) is 9.29. The molecular weight excluding hydrogens is 707 g/mol. The number of aliphatic hydroxyl groups excluding tert-OH is 2. The number of allylic oxidation sites excluding steroid dienone is 20. The van der Waals surface area contributed by atoms with Crippen molar-refractivity contribution in [2.24, 2.45) is 0 Å². The predicted octanol–water partition coefficient (Wildman–Crippen LogP) is 12.9. The summed E-state index contributed by atoms with van der Waals surface area (Å²) in [6.07, 6.45) is 59.7. The summed E-state index contributed by atoms with van der Waals surface area (Å²) in [5, 5.41) is 23.6. The summed E-state index contributed by atoms with van der Waals surface area (Å²) >= 11 is 0. The van der Waals surface area contributed by atoms with E-state index in [2.05, 4.69) is 50.4 Å². The number of carbonyl (C=O) groups excluding carboxylic acids is 2. The molecule has 0 bridgehead atoms. The molecule has 0 aliphatic carbocycles. The van der Waals surface area contributed by atoms with Gasteiger partial charge in [-0.3, -0.25) is 9.59 Å². The van der Waals surface area contributed by atoms with E-state index >= 15 is 0 Å². The molecule has 0 aromatic heterocycles. The van der Waals surface area contributed by atoms with Crippen LogP contribution in [-0.2, 0) is 14.3 Å². The van der Waals surface area contributed by atoms with E-state index in [9.17, 15) is 19.8 Å². The molecule has 6 heteroatoms. The van der Waals surface area contributed by atoms with Gasteiger partial charge in [-0.1, -0.05) is 213 Å². The van der Waals surface area contributed by atoms with Gasteiger partial charge in [0, 0.05) is 6.42 Å². The van der Waals surface area contributed by atoms with E-state index in [1.54, 1.807) is 0 Å². The van der Waals surface area contributed by atoms with Crippen LogP contribution in [0.2, 0.25) is 0 Å². The molecule has 0 rings (SSSR count). The highest BCUT2D eigenvalue weighted by molar-refractivity contribution is 5.77. The molecule has 3 unspecified atom stereocenters. The van der Waals surface area contributed by atoms with Crippen molar-refractivity contribution in [3.63, 3.8) is 0 Å². The van der Waals surface area contributed by atoms with Crippen LogP contribution in [0.15, 0.2) is 122 Å². The molecule has 3 atom stereocenters. The van der Waals surface area contributed by atoms with Gasteiger partial charge in [-0.25, -0.2) is 0 Å². The summed E-state index contributed by atoms with van der Waals surface area (Å²) in [4.78, 5) is 25.9. The molecule has 1 amide bonds. The van der Waals surface area contributed by atoms with Crippen molar-refractivity contribution in [3.8, 4) is 0 Å². The average molecular weight is 788 g/mol. The Morgan fingerprint density at radius 1 is 0.526 bits per heavy atom. The van der Waals surface area contributed by atoms with Crippen molar-refractivity contribution in [1.82, 2.24) is 5.32 Å². The molecule has 0 aromatic rings. The lowest BCUT2D eigenvalue weighted by molar-refractivity contribution is -0.151. The van der Waals surface area contributed by atoms with E-state index in [1.807, 2.05) is 97.2 Å². The maximum atomic E-state index is 13.1. The van der Waals surface area contributed by atoms with Gasteiger partial charge >= 0.3 is 5.97 Å². The molecule has 0 aromatic carbocycles. The van der Waals surface area contributed by atoms with Gasteiger partial charge in [0.05, 0.1) is 25.2 Å². The minimum absolute atomic E-state index is 0.00435. The van der Waals surface area contributed by atoms with Gasteiger partial charge in [0.15, 0.2) is 0 Å². The highest BCUT2D eigenvalue weighted by Gasteiger charge is 2.23. The molecule has 0 saturated carbocycles. The van der Waals surface area contributed by atoms with Crippen LogP contribution in [0.1, 0.15) is 162 Å². The lowest BCUT2D eigenvalue weighted by Gasteiger charge is -2.24. The molecule has 6 nitrogen and oxygen atoms in total. The van der Waals surface area contributed by atoms with Crippen molar-refractivity contribution >= 4 is 11.9 Å². The van der Waals surface area contributed by atoms with Crippen LogP contribution in [0, 0.1) is 0 Å². The molecule has 0 fully saturated rings. The third-order valence-corrected chi connectivity index (χ3v) is 9.29. The molecule has 0 aliphatic rings. The van der Waals surface area contributed by atoms with Crippen LogP contribution in [0.3, 0.4) is 0 Å². The van der Waals surface area contributed by atoms with Gasteiger partial charge in [-0.15, -0.1) is 0 Å². The summed E-state index contributed by atoms with van der Waals surface area (Å²) in [6.45, 7) is 6.11. The van der Waals surface area contributed by atoms with Crippen LogP contribution in [0.4, 0.5) is 0 Å². The van der Waals surface area contributed by atoms with Crippen molar-refractivity contribution < 1.29 is 24.5 Å². The second-order valence-electron chi connectivity index (χ2n) is 14.6. The fourth-order valence-electron chi connectivity index (χ4n) is 5.95. The topological polar surface area (TPSA) is 95.9 Å². The fourth-order valence-corrected chi connectivity index (χ4v) is 5.95. The summed E-state index contributed by atoms with van der Waals surface area (Å²) in [7, 11) is 0. The summed E-state index contributed by atoms with van der Waals surface area (Å²) in [6, 6.07) is -0.739. The van der Waals surface area contributed by atoms with Crippen LogP contribution >= 0.6 is 0 Å². The number of unbranched alkanes of at least 4 members (excludes halogenated alkanes) is 13. The molecule has 0 radical (unpaired) electrons. The summed E-state index contributed by atoms with van der Waals surface area (Å²) in [5.41, 5.74) is 0. The van der Waals surface area contributed by atoms with Gasteiger partial charge in [0.1, 0.15) is 6.10 Å². The Balaban J connectivity index is 4.80. The summed E-state index contributed by atoms with van der Waals surface area (Å²) in [5.74, 6) is -0.612. The van der Waals surface area contributed by atoms with E-state index in [0.717, 1.165) is 70.6 Å². The van der Waals surface area contributed by atoms with Gasteiger partial charge < -0.3 is 20.3 Å².